The molecule has 0 aromatic heterocycles. The summed E-state index contributed by atoms with van der Waals surface area (Å²) in [5.41, 5.74) is 6.31. The smallest absolute Gasteiger partial charge is 0.490 e. The van der Waals surface area contributed by atoms with Crippen molar-refractivity contribution < 1.29 is 19.1 Å². The molecule has 4 aromatic carbocycles. The summed E-state index contributed by atoms with van der Waals surface area (Å²) in [6, 6.07) is 31.4. The third-order valence-corrected chi connectivity index (χ3v) is 6.82. The van der Waals surface area contributed by atoms with Gasteiger partial charge in [-0.2, -0.15) is 0 Å². The molecule has 1 heterocycles. The molecule has 0 unspecified atom stereocenters. The molecular formula is C32H31N2O4+. The average Bonchev–Trinajstić information content (AvgIpc) is 2.97. The van der Waals surface area contributed by atoms with E-state index in [1.54, 1.807) is 0 Å². The van der Waals surface area contributed by atoms with Gasteiger partial charge in [0.15, 0.2) is 7.11 Å². The van der Waals surface area contributed by atoms with Crippen LogP contribution in [-0.4, -0.2) is 36.9 Å². The van der Waals surface area contributed by atoms with Crippen LogP contribution in [0.15, 0.2) is 97.1 Å². The van der Waals surface area contributed by atoms with Crippen molar-refractivity contribution in [1.82, 2.24) is 5.32 Å². The first-order valence-corrected chi connectivity index (χ1v) is 12.7. The van der Waals surface area contributed by atoms with Crippen molar-refractivity contribution in [2.75, 3.05) is 25.2 Å². The van der Waals surface area contributed by atoms with Gasteiger partial charge in [0.1, 0.15) is 17.9 Å². The third-order valence-electron chi connectivity index (χ3n) is 6.82. The van der Waals surface area contributed by atoms with Crippen molar-refractivity contribution in [1.29, 1.82) is 0 Å². The summed E-state index contributed by atoms with van der Waals surface area (Å²) >= 11 is 0. The van der Waals surface area contributed by atoms with Gasteiger partial charge in [0, 0.05) is 17.7 Å². The fraction of sp³-hybridized carbons (Fsp3) is 0.188. The predicted molar refractivity (Wildman–Crippen MR) is 150 cm³/mol. The summed E-state index contributed by atoms with van der Waals surface area (Å²) in [5.74, 6) is 0.488. The van der Waals surface area contributed by atoms with E-state index in [-0.39, 0.29) is 17.9 Å². The van der Waals surface area contributed by atoms with Crippen LogP contribution in [0.1, 0.15) is 40.0 Å². The molecule has 4 aromatic rings. The predicted octanol–water partition coefficient (Wildman–Crippen LogP) is 5.74. The lowest BCUT2D eigenvalue weighted by Gasteiger charge is -2.31. The number of hydrogen-bond acceptors (Lipinski definition) is 4. The van der Waals surface area contributed by atoms with Gasteiger partial charge in [0.25, 0.3) is 5.91 Å². The first kappa shape index (κ1) is 25.1. The molecule has 0 radical (unpaired) electrons. The Morgan fingerprint density at radius 2 is 1.74 bits per heavy atom. The highest BCUT2D eigenvalue weighted by molar-refractivity contribution is 5.98. The second-order valence-electron chi connectivity index (χ2n) is 9.31. The lowest BCUT2D eigenvalue weighted by Crippen LogP contribution is -2.32. The Kier molecular flexibility index (Phi) is 7.40. The van der Waals surface area contributed by atoms with Crippen molar-refractivity contribution in [2.24, 2.45) is 0 Å². The summed E-state index contributed by atoms with van der Waals surface area (Å²) in [6.07, 6.45) is 0. The fourth-order valence-electron chi connectivity index (χ4n) is 4.73. The maximum absolute atomic E-state index is 12.9. The van der Waals surface area contributed by atoms with Gasteiger partial charge in [-0.15, -0.1) is 0 Å². The van der Waals surface area contributed by atoms with Crippen LogP contribution in [0, 0.1) is 0 Å². The Labute approximate surface area is 222 Å². The monoisotopic (exact) mass is 507 g/mol. The molecule has 5 rings (SSSR count). The van der Waals surface area contributed by atoms with Crippen molar-refractivity contribution >= 4 is 17.6 Å². The van der Waals surface area contributed by atoms with Crippen LogP contribution in [0.2, 0.25) is 0 Å². The number of nitrogens with zero attached hydrogens (tertiary/aromatic N) is 1. The van der Waals surface area contributed by atoms with E-state index in [4.69, 9.17) is 9.47 Å². The second-order valence-corrected chi connectivity index (χ2v) is 9.31. The zero-order valence-corrected chi connectivity index (χ0v) is 21.6. The summed E-state index contributed by atoms with van der Waals surface area (Å²) in [4.78, 5) is 25.3. The van der Waals surface area contributed by atoms with Crippen molar-refractivity contribution in [3.8, 4) is 16.9 Å². The van der Waals surface area contributed by atoms with Gasteiger partial charge in [-0.3, -0.25) is 4.79 Å². The molecule has 2 N–H and O–H groups in total. The van der Waals surface area contributed by atoms with E-state index >= 15 is 0 Å². The van der Waals surface area contributed by atoms with Gasteiger partial charge >= 0.3 is 5.97 Å². The molecule has 1 amide bonds. The van der Waals surface area contributed by atoms with Crippen LogP contribution in [0.4, 0.5) is 5.69 Å². The molecule has 1 aliphatic rings. The first-order valence-electron chi connectivity index (χ1n) is 12.7. The van der Waals surface area contributed by atoms with Crippen molar-refractivity contribution in [3.63, 3.8) is 0 Å². The first-order chi connectivity index (χ1) is 18.5. The number of fused-ring (bicyclic) bond motifs is 1. The zero-order valence-electron chi connectivity index (χ0n) is 21.6. The van der Waals surface area contributed by atoms with Crippen LogP contribution in [0.5, 0.6) is 5.75 Å². The van der Waals surface area contributed by atoms with E-state index in [0.717, 1.165) is 34.5 Å². The molecule has 6 nitrogen and oxygen atoms in total. The van der Waals surface area contributed by atoms with Crippen LogP contribution in [0.3, 0.4) is 0 Å². The van der Waals surface area contributed by atoms with Gasteiger partial charge in [-0.1, -0.05) is 72.8 Å². The van der Waals surface area contributed by atoms with Crippen molar-refractivity contribution in [2.45, 2.75) is 19.5 Å². The highest BCUT2D eigenvalue weighted by atomic mass is 16.5. The number of carbonyl (C=O) groups is 1. The largest absolute Gasteiger partial charge is 0.517 e. The fourth-order valence-corrected chi connectivity index (χ4v) is 4.73. The van der Waals surface area contributed by atoms with E-state index in [1.807, 2.05) is 79.7 Å². The molecule has 0 spiro atoms. The molecule has 0 aliphatic carbocycles. The average molecular weight is 508 g/mol. The molecule has 192 valence electrons. The number of ether oxygens (including phenoxy) is 2. The van der Waals surface area contributed by atoms with Crippen LogP contribution >= 0.6 is 0 Å². The molecule has 0 fully saturated rings. The van der Waals surface area contributed by atoms with Crippen LogP contribution < -0.4 is 15.0 Å². The minimum Gasteiger partial charge on any atom is -0.490 e. The molecule has 0 saturated carbocycles. The summed E-state index contributed by atoms with van der Waals surface area (Å²) in [5, 5.41) is 3.07. The van der Waals surface area contributed by atoms with E-state index in [1.165, 1.54) is 7.11 Å². The number of benzene rings is 4. The SMILES string of the molecule is COC(=[OH+])c1ccccc1-c1ccc(CN2CCOc3cc(C(=O)N[C@@H](C)c4ccccc4)ccc32)cc1. The summed E-state index contributed by atoms with van der Waals surface area (Å²) in [7, 11) is 1.45. The Morgan fingerprint density at radius 3 is 2.50 bits per heavy atom. The number of hydrogen-bond donors (Lipinski definition) is 1. The van der Waals surface area contributed by atoms with Gasteiger partial charge in [-0.25, -0.2) is 0 Å². The summed E-state index contributed by atoms with van der Waals surface area (Å²) in [6.45, 7) is 4.00. The summed E-state index contributed by atoms with van der Waals surface area (Å²) < 4.78 is 11.0. The quantitative estimate of drug-likeness (QED) is 0.256. The topological polar surface area (TPSA) is 72.2 Å². The third kappa shape index (κ3) is 5.39. The van der Waals surface area contributed by atoms with Crippen LogP contribution in [0.25, 0.3) is 11.1 Å². The number of esters is 1. The molecule has 0 saturated heterocycles. The molecular weight excluding hydrogens is 476 g/mol. The Bertz CT molecular complexity index is 1430. The van der Waals surface area contributed by atoms with Gasteiger partial charge in [0.05, 0.1) is 18.3 Å². The lowest BCUT2D eigenvalue weighted by molar-refractivity contribution is 0.0939. The number of anilines is 1. The standard InChI is InChI=1S/C32H30N2O4/c1-22(24-8-4-3-5-9-24)33-31(35)26-16-17-29-30(20-26)38-19-18-34(29)21-23-12-14-25(15-13-23)27-10-6-7-11-28(27)32(36)37-2/h3-17,20,22H,18-19,21H2,1-2H3,(H,33,35)/p+1/t22-/m0/s1. The maximum Gasteiger partial charge on any atom is 0.517 e. The molecule has 0 bridgehead atoms. The van der Waals surface area contributed by atoms with Crippen molar-refractivity contribution in [3.05, 3.63) is 119 Å². The second kappa shape index (κ2) is 11.2. The molecule has 6 heteroatoms. The minimum absolute atomic E-state index is 0.0940. The number of methoxy groups -OCH3 is 1. The number of carbonyl (C=O) groups excluding carboxylic acids is 2. The number of nitrogens with one attached hydrogen (secondary N) is 1. The van der Waals surface area contributed by atoms with Crippen LogP contribution in [-0.2, 0) is 11.3 Å². The van der Waals surface area contributed by atoms with E-state index in [0.29, 0.717) is 30.0 Å². The normalized spacial score (nSPS) is 13.2. The maximum atomic E-state index is 12.9. The molecule has 1 atom stereocenters. The lowest BCUT2D eigenvalue weighted by atomic mass is 9.98. The Hall–Kier alpha value is -4.58. The Balaban J connectivity index is 1.29. The van der Waals surface area contributed by atoms with Gasteiger partial charge in [-0.05, 0) is 47.9 Å². The molecule has 38 heavy (non-hydrogen) atoms. The van der Waals surface area contributed by atoms with E-state index in [9.17, 15) is 9.59 Å². The molecule has 1 aliphatic heterocycles. The van der Waals surface area contributed by atoms with E-state index < -0.39 is 0 Å². The van der Waals surface area contributed by atoms with E-state index in [2.05, 4.69) is 34.5 Å². The van der Waals surface area contributed by atoms with Gasteiger partial charge < -0.3 is 24.5 Å². The zero-order chi connectivity index (χ0) is 26.5. The Morgan fingerprint density at radius 1 is 1.00 bits per heavy atom. The highest BCUT2D eigenvalue weighted by Crippen LogP contribution is 2.34. The minimum atomic E-state index is -0.127. The number of rotatable bonds is 7. The highest BCUT2D eigenvalue weighted by Gasteiger charge is 2.22. The number of amides is 1. The van der Waals surface area contributed by atoms with Gasteiger partial charge in [0.2, 0.25) is 0 Å².